The third kappa shape index (κ3) is 2.95. The molecule has 7 heteroatoms. The van der Waals surface area contributed by atoms with Gasteiger partial charge in [-0.15, -0.1) is 0 Å². The Balaban J connectivity index is 1.80. The zero-order valence-corrected chi connectivity index (χ0v) is 12.4. The van der Waals surface area contributed by atoms with Crippen molar-refractivity contribution in [2.24, 2.45) is 0 Å². The van der Waals surface area contributed by atoms with Crippen LogP contribution in [-0.4, -0.2) is 38.5 Å². The van der Waals surface area contributed by atoms with Crippen LogP contribution in [0.25, 0.3) is 0 Å². The number of hydrogen-bond donors (Lipinski definition) is 1. The summed E-state index contributed by atoms with van der Waals surface area (Å²) >= 11 is 0. The van der Waals surface area contributed by atoms with E-state index >= 15 is 0 Å². The Hall–Kier alpha value is -1.05. The highest BCUT2D eigenvalue weighted by molar-refractivity contribution is 7.89. The lowest BCUT2D eigenvalue weighted by molar-refractivity contribution is 0.186. The van der Waals surface area contributed by atoms with Gasteiger partial charge in [0.15, 0.2) is 0 Å². The second-order valence-electron chi connectivity index (χ2n) is 5.69. The number of rotatable bonds is 3. The van der Waals surface area contributed by atoms with Gasteiger partial charge in [0, 0.05) is 24.7 Å². The Morgan fingerprint density at radius 1 is 1.14 bits per heavy atom. The van der Waals surface area contributed by atoms with E-state index in [-0.39, 0.29) is 12.1 Å². The van der Waals surface area contributed by atoms with Crippen molar-refractivity contribution in [2.45, 2.75) is 42.7 Å². The van der Waals surface area contributed by atoms with Gasteiger partial charge in [0.1, 0.15) is 16.5 Å². The molecule has 116 valence electrons. The van der Waals surface area contributed by atoms with Crippen molar-refractivity contribution in [2.75, 3.05) is 13.1 Å². The van der Waals surface area contributed by atoms with Crippen LogP contribution >= 0.6 is 0 Å². The van der Waals surface area contributed by atoms with Crippen molar-refractivity contribution in [1.29, 1.82) is 0 Å². The van der Waals surface area contributed by atoms with E-state index in [4.69, 9.17) is 0 Å². The van der Waals surface area contributed by atoms with Crippen molar-refractivity contribution < 1.29 is 17.2 Å². The summed E-state index contributed by atoms with van der Waals surface area (Å²) in [5.41, 5.74) is 0. The number of sulfonamides is 1. The molecule has 1 aromatic carbocycles. The summed E-state index contributed by atoms with van der Waals surface area (Å²) in [6.45, 7) is 1.86. The molecule has 3 rings (SSSR count). The van der Waals surface area contributed by atoms with Crippen LogP contribution in [-0.2, 0) is 10.0 Å². The fraction of sp³-hybridized carbons (Fsp3) is 0.571. The minimum absolute atomic E-state index is 0.192. The Labute approximate surface area is 123 Å². The summed E-state index contributed by atoms with van der Waals surface area (Å²) in [6, 6.07) is 2.52. The van der Waals surface area contributed by atoms with E-state index in [1.54, 1.807) is 0 Å². The first-order valence-corrected chi connectivity index (χ1v) is 8.67. The molecule has 2 heterocycles. The summed E-state index contributed by atoms with van der Waals surface area (Å²) in [7, 11) is -3.96. The van der Waals surface area contributed by atoms with Crippen LogP contribution in [0.3, 0.4) is 0 Å². The van der Waals surface area contributed by atoms with Crippen LogP contribution in [0.2, 0.25) is 0 Å². The molecule has 0 bridgehead atoms. The molecule has 21 heavy (non-hydrogen) atoms. The fourth-order valence-corrected chi connectivity index (χ4v) is 4.70. The van der Waals surface area contributed by atoms with Crippen LogP contribution in [0, 0.1) is 11.6 Å². The van der Waals surface area contributed by atoms with Gasteiger partial charge in [0.2, 0.25) is 10.0 Å². The molecular weight excluding hydrogens is 298 g/mol. The summed E-state index contributed by atoms with van der Waals surface area (Å²) in [6.07, 6.45) is 3.92. The van der Waals surface area contributed by atoms with Gasteiger partial charge in [-0.3, -0.25) is 4.90 Å². The molecule has 1 aromatic rings. The molecule has 0 aromatic heterocycles. The predicted molar refractivity (Wildman–Crippen MR) is 74.3 cm³/mol. The minimum atomic E-state index is -3.96. The van der Waals surface area contributed by atoms with E-state index in [1.165, 1.54) is 0 Å². The molecule has 1 N–H and O–H groups in total. The first-order valence-electron chi connectivity index (χ1n) is 7.19. The third-order valence-electron chi connectivity index (χ3n) is 4.35. The first kappa shape index (κ1) is 14.9. The normalized spacial score (nSPS) is 26.8. The fourth-order valence-electron chi connectivity index (χ4n) is 3.34. The van der Waals surface area contributed by atoms with Gasteiger partial charge >= 0.3 is 0 Å². The lowest BCUT2D eigenvalue weighted by Gasteiger charge is -2.32. The maximum atomic E-state index is 13.7. The van der Waals surface area contributed by atoms with Crippen molar-refractivity contribution in [3.05, 3.63) is 29.8 Å². The van der Waals surface area contributed by atoms with Gasteiger partial charge in [-0.05, 0) is 37.9 Å². The highest BCUT2D eigenvalue weighted by Crippen LogP contribution is 2.28. The second kappa shape index (κ2) is 5.62. The summed E-state index contributed by atoms with van der Waals surface area (Å²) in [5.74, 6) is -1.84. The number of benzene rings is 1. The maximum Gasteiger partial charge on any atom is 0.243 e. The Kier molecular flexibility index (Phi) is 3.98. The number of fused-ring (bicyclic) bond motifs is 1. The van der Waals surface area contributed by atoms with Gasteiger partial charge in [0.25, 0.3) is 0 Å². The smallest absolute Gasteiger partial charge is 0.243 e. The number of halogens is 2. The van der Waals surface area contributed by atoms with Gasteiger partial charge in [-0.2, -0.15) is 0 Å². The number of nitrogens with zero attached hydrogens (tertiary/aromatic N) is 1. The molecule has 4 nitrogen and oxygen atoms in total. The lowest BCUT2D eigenvalue weighted by atomic mass is 10.00. The Morgan fingerprint density at radius 2 is 1.95 bits per heavy atom. The Bertz CT molecular complexity index is 636. The van der Waals surface area contributed by atoms with E-state index in [2.05, 4.69) is 9.62 Å². The molecule has 2 saturated heterocycles. The van der Waals surface area contributed by atoms with Gasteiger partial charge in [-0.25, -0.2) is 21.9 Å². The predicted octanol–water partition coefficient (Wildman–Crippen LogP) is 1.87. The number of piperidine rings is 1. The molecule has 0 radical (unpaired) electrons. The molecule has 0 saturated carbocycles. The molecular formula is C14H18F2N2O2S. The summed E-state index contributed by atoms with van der Waals surface area (Å²) in [4.78, 5) is 1.80. The zero-order chi connectivity index (χ0) is 15.0. The molecule has 0 aliphatic carbocycles. The minimum Gasteiger partial charge on any atom is -0.299 e. The number of nitrogens with one attached hydrogen (secondary N) is 1. The maximum absolute atomic E-state index is 13.7. The topological polar surface area (TPSA) is 49.4 Å². The molecule has 2 aliphatic rings. The zero-order valence-electron chi connectivity index (χ0n) is 11.6. The van der Waals surface area contributed by atoms with E-state index in [0.717, 1.165) is 50.9 Å². The second-order valence-corrected chi connectivity index (χ2v) is 7.37. The van der Waals surface area contributed by atoms with Crippen LogP contribution in [0.15, 0.2) is 23.1 Å². The van der Waals surface area contributed by atoms with Gasteiger partial charge in [0.05, 0.1) is 0 Å². The van der Waals surface area contributed by atoms with Crippen LogP contribution in [0.4, 0.5) is 8.78 Å². The lowest BCUT2D eigenvalue weighted by Crippen LogP contribution is -2.46. The van der Waals surface area contributed by atoms with Gasteiger partial charge < -0.3 is 0 Å². The van der Waals surface area contributed by atoms with Crippen molar-refractivity contribution >= 4 is 10.0 Å². The molecule has 0 unspecified atom stereocenters. The Morgan fingerprint density at radius 3 is 2.71 bits per heavy atom. The SMILES string of the molecule is O=S(=O)(N[C@@H]1CCN2CCCC[C@H]12)c1ccc(F)cc1F. The standard InChI is InChI=1S/C14H18F2N2O2S/c15-10-4-5-14(11(16)9-10)21(19,20)17-12-6-8-18-7-2-1-3-13(12)18/h4-5,9,12-13,17H,1-3,6-8H2/t12-,13-/m1/s1. The molecule has 2 aliphatic heterocycles. The van der Waals surface area contributed by atoms with Crippen molar-refractivity contribution in [1.82, 2.24) is 9.62 Å². The van der Waals surface area contributed by atoms with E-state index in [0.29, 0.717) is 6.07 Å². The van der Waals surface area contributed by atoms with Crippen LogP contribution in [0.5, 0.6) is 0 Å². The van der Waals surface area contributed by atoms with E-state index in [1.807, 2.05) is 0 Å². The van der Waals surface area contributed by atoms with Crippen LogP contribution < -0.4 is 4.72 Å². The first-order chi connectivity index (χ1) is 9.97. The largest absolute Gasteiger partial charge is 0.299 e. The highest BCUT2D eigenvalue weighted by Gasteiger charge is 2.38. The van der Waals surface area contributed by atoms with Crippen molar-refractivity contribution in [3.63, 3.8) is 0 Å². The molecule has 0 amide bonds. The highest BCUT2D eigenvalue weighted by atomic mass is 32.2. The van der Waals surface area contributed by atoms with Gasteiger partial charge in [-0.1, -0.05) is 6.42 Å². The molecule has 2 atom stereocenters. The monoisotopic (exact) mass is 316 g/mol. The average Bonchev–Trinajstić information content (AvgIpc) is 2.81. The third-order valence-corrected chi connectivity index (χ3v) is 5.87. The van der Waals surface area contributed by atoms with Crippen LogP contribution in [0.1, 0.15) is 25.7 Å². The quantitative estimate of drug-likeness (QED) is 0.926. The average molecular weight is 316 g/mol. The molecule has 2 fully saturated rings. The molecule has 0 spiro atoms. The van der Waals surface area contributed by atoms with Crippen molar-refractivity contribution in [3.8, 4) is 0 Å². The summed E-state index contributed by atoms with van der Waals surface area (Å²) < 4.78 is 53.8. The van der Waals surface area contributed by atoms with E-state index < -0.39 is 26.6 Å². The summed E-state index contributed by atoms with van der Waals surface area (Å²) in [5, 5.41) is 0. The van der Waals surface area contributed by atoms with E-state index in [9.17, 15) is 17.2 Å². The number of hydrogen-bond acceptors (Lipinski definition) is 3.